The Bertz CT molecular complexity index is 2080. The van der Waals surface area contributed by atoms with Gasteiger partial charge in [-0.1, -0.05) is 6.07 Å². The summed E-state index contributed by atoms with van der Waals surface area (Å²) < 4.78 is 75.2. The fraction of sp³-hybridized carbons (Fsp3) is 0.382. The van der Waals surface area contributed by atoms with Crippen molar-refractivity contribution in [2.24, 2.45) is 0 Å². The number of hydrogen-bond acceptors (Lipinski definition) is 12. The second kappa shape index (κ2) is 14.8. The Labute approximate surface area is 302 Å². The van der Waals surface area contributed by atoms with Crippen LogP contribution in [-0.4, -0.2) is 87.4 Å². The maximum absolute atomic E-state index is 14.2. The molecular weight excluding hydrogens is 720 g/mol. The van der Waals surface area contributed by atoms with Crippen LogP contribution < -0.4 is 20.7 Å². The molecule has 4 aromatic rings. The van der Waals surface area contributed by atoms with Crippen LogP contribution in [0.5, 0.6) is 5.75 Å². The van der Waals surface area contributed by atoms with Gasteiger partial charge in [0.15, 0.2) is 5.69 Å². The molecule has 5 aliphatic heterocycles. The number of anilines is 4. The van der Waals surface area contributed by atoms with Crippen molar-refractivity contribution in [3.05, 3.63) is 71.3 Å². The van der Waals surface area contributed by atoms with Crippen LogP contribution in [-0.2, 0) is 32.5 Å². The predicted molar refractivity (Wildman–Crippen MR) is 188 cm³/mol. The summed E-state index contributed by atoms with van der Waals surface area (Å²) in [6.07, 6.45) is -2.41. The molecule has 53 heavy (non-hydrogen) atoms. The minimum Gasteiger partial charge on any atom is -0.495 e. The van der Waals surface area contributed by atoms with E-state index < -0.39 is 36.7 Å². The first-order valence-electron chi connectivity index (χ1n) is 16.6. The number of alkyl halides is 3. The molecule has 8 heterocycles. The first kappa shape index (κ1) is 37.7. The normalized spacial score (nSPS) is 18.5. The molecule has 0 radical (unpaired) electrons. The number of methoxy groups -OCH3 is 1. The number of hydrogen-bond donors (Lipinski definition) is 4. The molecular formula is C34H38F3N8O7P. The summed E-state index contributed by atoms with van der Waals surface area (Å²) in [5, 5.41) is 18.2. The van der Waals surface area contributed by atoms with E-state index in [9.17, 15) is 32.4 Å². The maximum atomic E-state index is 14.2. The van der Waals surface area contributed by atoms with Gasteiger partial charge in [-0.2, -0.15) is 18.2 Å². The van der Waals surface area contributed by atoms with E-state index >= 15 is 0 Å². The molecule has 3 aromatic heterocycles. The number of aromatic nitrogens is 4. The van der Waals surface area contributed by atoms with Gasteiger partial charge in [0.1, 0.15) is 22.8 Å². The number of β-amino-alcohol motifs (C(OH)–C–C–N with tert-alkyl or cyclic N) is 1. The van der Waals surface area contributed by atoms with Crippen LogP contribution in [0.15, 0.2) is 48.8 Å². The third-order valence-corrected chi connectivity index (χ3v) is 10.5. The van der Waals surface area contributed by atoms with Crippen LogP contribution in [0.1, 0.15) is 52.4 Å². The molecule has 15 nitrogen and oxygen atoms in total. The Balaban J connectivity index is 1.47. The Morgan fingerprint density at radius 1 is 1.13 bits per heavy atom. The molecule has 1 atom stereocenters. The molecule has 1 fully saturated rings. The zero-order valence-corrected chi connectivity index (χ0v) is 30.2. The third kappa shape index (κ3) is 8.30. The Hall–Kier alpha value is -5.03. The molecule has 1 unspecified atom stereocenters. The minimum atomic E-state index is -4.88. The van der Waals surface area contributed by atoms with Gasteiger partial charge in [-0.05, 0) is 56.2 Å². The summed E-state index contributed by atoms with van der Waals surface area (Å²) in [5.41, 5.74) is -0.785. The number of halogens is 3. The van der Waals surface area contributed by atoms with Gasteiger partial charge in [-0.25, -0.2) is 9.97 Å². The van der Waals surface area contributed by atoms with Gasteiger partial charge < -0.3 is 44.3 Å². The average Bonchev–Trinajstić information content (AvgIpc) is 3.52. The van der Waals surface area contributed by atoms with E-state index in [1.165, 1.54) is 31.2 Å². The molecule has 1 aromatic carbocycles. The highest BCUT2D eigenvalue weighted by molar-refractivity contribution is 7.53. The van der Waals surface area contributed by atoms with Crippen LogP contribution in [0.4, 0.5) is 36.3 Å². The van der Waals surface area contributed by atoms with E-state index in [-0.39, 0.29) is 79.4 Å². The molecule has 0 saturated carbocycles. The number of benzene rings is 1. The number of carbonyl (C=O) groups is 2. The summed E-state index contributed by atoms with van der Waals surface area (Å²) in [4.78, 5) is 40.7. The van der Waals surface area contributed by atoms with Gasteiger partial charge in [0.05, 0.1) is 62.2 Å². The fourth-order valence-electron chi connectivity index (χ4n) is 6.03. The van der Waals surface area contributed by atoms with Crippen molar-refractivity contribution in [2.45, 2.75) is 44.8 Å². The van der Waals surface area contributed by atoms with E-state index in [1.807, 2.05) is 0 Å². The first-order valence-corrected chi connectivity index (χ1v) is 18.3. The lowest BCUT2D eigenvalue weighted by molar-refractivity contribution is -0.137. The molecule has 19 heteroatoms. The highest BCUT2D eigenvalue weighted by atomic mass is 31.2. The smallest absolute Gasteiger partial charge is 0.421 e. The van der Waals surface area contributed by atoms with Crippen molar-refractivity contribution in [3.63, 3.8) is 0 Å². The van der Waals surface area contributed by atoms with Crippen LogP contribution >= 0.6 is 7.60 Å². The van der Waals surface area contributed by atoms with Gasteiger partial charge in [0.2, 0.25) is 5.95 Å². The molecule has 4 N–H and O–H groups in total. The van der Waals surface area contributed by atoms with E-state index in [0.717, 1.165) is 0 Å². The molecule has 9 rings (SSSR count). The summed E-state index contributed by atoms with van der Waals surface area (Å²) in [7, 11) is -0.949. The van der Waals surface area contributed by atoms with Crippen molar-refractivity contribution < 1.29 is 46.2 Å². The zero-order chi connectivity index (χ0) is 38.1. The van der Waals surface area contributed by atoms with Gasteiger partial charge in [-0.15, -0.1) is 0 Å². The number of likely N-dealkylation sites (tertiary alicyclic amines) is 1. The summed E-state index contributed by atoms with van der Waals surface area (Å²) >= 11 is 0. The number of nitrogens with zero attached hydrogens (tertiary/aromatic N) is 5. The summed E-state index contributed by atoms with van der Waals surface area (Å²) in [5.74, 6) is -1.71. The topological polar surface area (TPSA) is 182 Å². The molecule has 2 amide bonds. The number of rotatable bonds is 5. The van der Waals surface area contributed by atoms with Crippen molar-refractivity contribution >= 4 is 42.6 Å². The lowest BCUT2D eigenvalue weighted by Crippen LogP contribution is -2.61. The molecule has 5 aliphatic rings. The predicted octanol–water partition coefficient (Wildman–Crippen LogP) is 5.57. The molecule has 0 aliphatic carbocycles. The summed E-state index contributed by atoms with van der Waals surface area (Å²) in [6, 6.07) is 9.24. The van der Waals surface area contributed by atoms with Gasteiger partial charge >= 0.3 is 13.8 Å². The molecule has 0 spiro atoms. The first-order chi connectivity index (χ1) is 25.1. The van der Waals surface area contributed by atoms with Gasteiger partial charge in [0.25, 0.3) is 11.8 Å². The van der Waals surface area contributed by atoms with E-state index in [4.69, 9.17) is 13.8 Å². The molecule has 1 saturated heterocycles. The van der Waals surface area contributed by atoms with Crippen molar-refractivity contribution in [1.29, 1.82) is 0 Å². The Morgan fingerprint density at radius 2 is 1.89 bits per heavy atom. The third-order valence-electron chi connectivity index (χ3n) is 8.49. The van der Waals surface area contributed by atoms with Crippen LogP contribution in [0.25, 0.3) is 11.3 Å². The number of aryl methyl sites for hydroxylation is 1. The lowest BCUT2D eigenvalue weighted by Gasteiger charge is -2.44. The van der Waals surface area contributed by atoms with Crippen LogP contribution in [0, 0.1) is 0 Å². The fourth-order valence-corrected chi connectivity index (χ4v) is 7.73. The Morgan fingerprint density at radius 3 is 2.57 bits per heavy atom. The zero-order valence-electron chi connectivity index (χ0n) is 29.3. The van der Waals surface area contributed by atoms with E-state index in [1.54, 1.807) is 48.9 Å². The number of pyridine rings is 1. The summed E-state index contributed by atoms with van der Waals surface area (Å²) in [6.45, 7) is 3.93. The van der Waals surface area contributed by atoms with Gasteiger partial charge in [0, 0.05) is 31.5 Å². The minimum absolute atomic E-state index is 0.0145. The van der Waals surface area contributed by atoms with Crippen molar-refractivity contribution in [2.75, 3.05) is 51.1 Å². The van der Waals surface area contributed by atoms with Crippen molar-refractivity contribution in [1.82, 2.24) is 29.7 Å². The molecule has 8 bridgehead atoms. The van der Waals surface area contributed by atoms with E-state index in [0.29, 0.717) is 29.4 Å². The van der Waals surface area contributed by atoms with Gasteiger partial charge in [-0.3, -0.25) is 14.2 Å². The molecule has 282 valence electrons. The van der Waals surface area contributed by atoms with Crippen LogP contribution in [0.3, 0.4) is 0 Å². The average molecular weight is 759 g/mol. The second-order valence-electron chi connectivity index (χ2n) is 12.7. The largest absolute Gasteiger partial charge is 0.495 e. The van der Waals surface area contributed by atoms with Crippen molar-refractivity contribution in [3.8, 4) is 17.0 Å². The monoisotopic (exact) mass is 758 g/mol. The standard InChI is InChI=1S/C34H38F3N8O7P/c1-5-51-53(49)17-20-7-8-24(27(13-20)50-4)42-32-39-15-22(34(35,36)37)29(43-32)41-25-10-9-23(40-28(25)30(46)38-3)21-14-26(44(16-21)11-6-12-52-53)31(47)45-18-33(2,48)19-45/h7-10,13-16,48H,5-6,11-12,17-19H2,1-4H3,(H,38,46)(H2,39,41,42,43). The number of ether oxygens (including phenoxy) is 1. The highest BCUT2D eigenvalue weighted by Gasteiger charge is 2.41. The Kier molecular flexibility index (Phi) is 10.5. The SMILES string of the molecule is CCOP1(=O)Cc2ccc(c(OC)c2)Nc2ncc(C(F)(F)F)c(n2)Nc2ccc(nc2C(=O)NC)-c2cc(C(=O)N3CC(C)(O)C3)n(c2)CCCO1. The van der Waals surface area contributed by atoms with E-state index in [2.05, 4.69) is 30.9 Å². The quantitative estimate of drug-likeness (QED) is 0.186. The second-order valence-corrected chi connectivity index (χ2v) is 14.8. The lowest BCUT2D eigenvalue weighted by atomic mass is 9.96. The van der Waals surface area contributed by atoms with Crippen LogP contribution in [0.2, 0.25) is 0 Å². The number of amides is 2. The highest BCUT2D eigenvalue weighted by Crippen LogP contribution is 2.52. The number of aliphatic hydroxyl groups is 1. The number of nitrogens with one attached hydrogen (secondary N) is 3. The maximum Gasteiger partial charge on any atom is 0.421 e. The number of carbonyl (C=O) groups excluding carboxylic acids is 2.